The van der Waals surface area contributed by atoms with Crippen molar-refractivity contribution in [3.63, 3.8) is 0 Å². The Balaban J connectivity index is 1.65. The Morgan fingerprint density at radius 2 is 1.76 bits per heavy atom. The molecule has 0 unspecified atom stereocenters. The predicted octanol–water partition coefficient (Wildman–Crippen LogP) is 2.43. The standard InChI is InChI=1S/C16H18FNO3/c17-13-5-3-12(4-6-13)16(7-8-16)18-14(19)10-1-2-11(9-10)15(20)21/h3-6,10-11H,1-2,7-9H2,(H,18,19)(H,20,21)/t10-,11+/m0/s1. The molecule has 3 rings (SSSR count). The van der Waals surface area contributed by atoms with Crippen LogP contribution in [-0.4, -0.2) is 17.0 Å². The maximum Gasteiger partial charge on any atom is 0.306 e. The Morgan fingerprint density at radius 1 is 1.14 bits per heavy atom. The maximum absolute atomic E-state index is 13.0. The van der Waals surface area contributed by atoms with Gasteiger partial charge in [-0.1, -0.05) is 12.1 Å². The molecule has 112 valence electrons. The van der Waals surface area contributed by atoms with Crippen LogP contribution in [0.2, 0.25) is 0 Å². The Kier molecular flexibility index (Phi) is 3.43. The van der Waals surface area contributed by atoms with Crippen LogP contribution in [0.15, 0.2) is 24.3 Å². The van der Waals surface area contributed by atoms with E-state index in [1.807, 2.05) is 0 Å². The fourth-order valence-corrected chi connectivity index (χ4v) is 3.16. The fourth-order valence-electron chi connectivity index (χ4n) is 3.16. The first-order chi connectivity index (χ1) is 10.00. The quantitative estimate of drug-likeness (QED) is 0.895. The SMILES string of the molecule is O=C(O)[C@@H]1CC[C@H](C(=O)NC2(c3ccc(F)cc3)CC2)C1. The number of carboxylic acids is 1. The average Bonchev–Trinajstić information content (AvgIpc) is 3.04. The zero-order valence-corrected chi connectivity index (χ0v) is 11.6. The number of benzene rings is 1. The highest BCUT2D eigenvalue weighted by atomic mass is 19.1. The van der Waals surface area contributed by atoms with Crippen molar-refractivity contribution in [2.75, 3.05) is 0 Å². The van der Waals surface area contributed by atoms with Gasteiger partial charge in [0.2, 0.25) is 5.91 Å². The molecule has 0 bridgehead atoms. The molecule has 1 aromatic carbocycles. The second-order valence-corrected chi connectivity index (χ2v) is 6.12. The van der Waals surface area contributed by atoms with Gasteiger partial charge in [0.05, 0.1) is 11.5 Å². The van der Waals surface area contributed by atoms with Crippen LogP contribution in [0, 0.1) is 17.7 Å². The van der Waals surface area contributed by atoms with Gasteiger partial charge in [0.15, 0.2) is 0 Å². The van der Waals surface area contributed by atoms with Crippen LogP contribution >= 0.6 is 0 Å². The van der Waals surface area contributed by atoms with Crippen LogP contribution in [-0.2, 0) is 15.1 Å². The van der Waals surface area contributed by atoms with E-state index in [-0.39, 0.29) is 23.2 Å². The molecular weight excluding hydrogens is 273 g/mol. The van der Waals surface area contributed by atoms with Gasteiger partial charge in [0, 0.05) is 5.92 Å². The van der Waals surface area contributed by atoms with Crippen LogP contribution in [0.5, 0.6) is 0 Å². The normalized spacial score (nSPS) is 26.3. The second-order valence-electron chi connectivity index (χ2n) is 6.12. The van der Waals surface area contributed by atoms with E-state index in [2.05, 4.69) is 5.32 Å². The first kappa shape index (κ1) is 14.0. The number of aliphatic carboxylic acids is 1. The maximum atomic E-state index is 13.0. The average molecular weight is 291 g/mol. The van der Waals surface area contributed by atoms with Gasteiger partial charge < -0.3 is 10.4 Å². The number of nitrogens with one attached hydrogen (secondary N) is 1. The summed E-state index contributed by atoms with van der Waals surface area (Å²) in [5.74, 6) is -1.79. The summed E-state index contributed by atoms with van der Waals surface area (Å²) in [6.07, 6.45) is 3.30. The van der Waals surface area contributed by atoms with Crippen molar-refractivity contribution in [2.45, 2.75) is 37.6 Å². The zero-order valence-electron chi connectivity index (χ0n) is 11.6. The van der Waals surface area contributed by atoms with Crippen LogP contribution in [0.1, 0.15) is 37.7 Å². The van der Waals surface area contributed by atoms with E-state index < -0.39 is 11.9 Å². The van der Waals surface area contributed by atoms with Gasteiger partial charge >= 0.3 is 5.97 Å². The molecule has 2 aliphatic rings. The number of halogens is 1. The first-order valence-electron chi connectivity index (χ1n) is 7.31. The molecule has 0 heterocycles. The van der Waals surface area contributed by atoms with E-state index in [4.69, 9.17) is 5.11 Å². The van der Waals surface area contributed by atoms with Crippen molar-refractivity contribution in [3.05, 3.63) is 35.6 Å². The summed E-state index contributed by atoms with van der Waals surface area (Å²) in [6.45, 7) is 0. The van der Waals surface area contributed by atoms with E-state index >= 15 is 0 Å². The van der Waals surface area contributed by atoms with Crippen LogP contribution in [0.4, 0.5) is 4.39 Å². The molecule has 0 radical (unpaired) electrons. The van der Waals surface area contributed by atoms with E-state index in [0.717, 1.165) is 18.4 Å². The monoisotopic (exact) mass is 291 g/mol. The van der Waals surface area contributed by atoms with Gasteiger partial charge in [-0.25, -0.2) is 4.39 Å². The van der Waals surface area contributed by atoms with E-state index in [1.165, 1.54) is 12.1 Å². The number of hydrogen-bond acceptors (Lipinski definition) is 2. The number of hydrogen-bond donors (Lipinski definition) is 2. The Bertz CT molecular complexity index is 565. The zero-order chi connectivity index (χ0) is 15.0. The van der Waals surface area contributed by atoms with Crippen molar-refractivity contribution in [2.24, 2.45) is 11.8 Å². The van der Waals surface area contributed by atoms with Crippen LogP contribution in [0.3, 0.4) is 0 Å². The highest BCUT2D eigenvalue weighted by Crippen LogP contribution is 2.46. The van der Waals surface area contributed by atoms with Crippen molar-refractivity contribution < 1.29 is 19.1 Å². The summed E-state index contributed by atoms with van der Waals surface area (Å²) in [4.78, 5) is 23.3. The lowest BCUT2D eigenvalue weighted by atomic mass is 10.0. The third-order valence-corrected chi connectivity index (χ3v) is 4.66. The summed E-state index contributed by atoms with van der Waals surface area (Å²) < 4.78 is 13.0. The van der Waals surface area contributed by atoms with Crippen LogP contribution in [0.25, 0.3) is 0 Å². The second kappa shape index (κ2) is 5.13. The summed E-state index contributed by atoms with van der Waals surface area (Å²) >= 11 is 0. The van der Waals surface area contributed by atoms with Gasteiger partial charge in [-0.3, -0.25) is 9.59 Å². The first-order valence-corrected chi connectivity index (χ1v) is 7.31. The molecule has 0 aliphatic heterocycles. The molecule has 2 saturated carbocycles. The molecule has 1 aromatic rings. The Labute approximate surface area is 122 Å². The minimum Gasteiger partial charge on any atom is -0.481 e. The molecule has 0 aromatic heterocycles. The molecule has 21 heavy (non-hydrogen) atoms. The van der Waals surface area contributed by atoms with E-state index in [1.54, 1.807) is 12.1 Å². The minimum absolute atomic E-state index is 0.0689. The summed E-state index contributed by atoms with van der Waals surface area (Å²) in [5, 5.41) is 12.0. The largest absolute Gasteiger partial charge is 0.481 e. The third kappa shape index (κ3) is 2.77. The van der Waals surface area contributed by atoms with Crippen molar-refractivity contribution in [3.8, 4) is 0 Å². The number of carboxylic acid groups (broad SMARTS) is 1. The minimum atomic E-state index is -0.815. The summed E-state index contributed by atoms with van der Waals surface area (Å²) in [7, 11) is 0. The van der Waals surface area contributed by atoms with Gasteiger partial charge in [-0.2, -0.15) is 0 Å². The van der Waals surface area contributed by atoms with E-state index in [0.29, 0.717) is 19.3 Å². The fraction of sp³-hybridized carbons (Fsp3) is 0.500. The van der Waals surface area contributed by atoms with Gasteiger partial charge in [-0.05, 0) is 49.8 Å². The van der Waals surface area contributed by atoms with E-state index in [9.17, 15) is 14.0 Å². The molecule has 0 spiro atoms. The molecule has 0 saturated heterocycles. The number of carbonyl (C=O) groups excluding carboxylic acids is 1. The highest BCUT2D eigenvalue weighted by molar-refractivity contribution is 5.82. The van der Waals surface area contributed by atoms with Crippen molar-refractivity contribution in [1.82, 2.24) is 5.32 Å². The van der Waals surface area contributed by atoms with Crippen LogP contribution < -0.4 is 5.32 Å². The lowest BCUT2D eigenvalue weighted by Gasteiger charge is -2.20. The predicted molar refractivity (Wildman–Crippen MR) is 73.9 cm³/mol. The number of amides is 1. The van der Waals surface area contributed by atoms with Gasteiger partial charge in [0.1, 0.15) is 5.82 Å². The lowest BCUT2D eigenvalue weighted by Crippen LogP contribution is -2.38. The molecule has 2 fully saturated rings. The highest BCUT2D eigenvalue weighted by Gasteiger charge is 2.47. The summed E-state index contributed by atoms with van der Waals surface area (Å²) in [5.41, 5.74) is 0.552. The van der Waals surface area contributed by atoms with Gasteiger partial charge in [-0.15, -0.1) is 0 Å². The molecular formula is C16H18FNO3. The number of rotatable bonds is 4. The lowest BCUT2D eigenvalue weighted by molar-refractivity contribution is -0.141. The van der Waals surface area contributed by atoms with Crippen molar-refractivity contribution in [1.29, 1.82) is 0 Å². The Hall–Kier alpha value is -1.91. The Morgan fingerprint density at radius 3 is 2.29 bits per heavy atom. The summed E-state index contributed by atoms with van der Waals surface area (Å²) in [6, 6.07) is 6.21. The molecule has 1 amide bonds. The van der Waals surface area contributed by atoms with Gasteiger partial charge in [0.25, 0.3) is 0 Å². The molecule has 2 atom stereocenters. The van der Waals surface area contributed by atoms with Crippen molar-refractivity contribution >= 4 is 11.9 Å². The molecule has 4 nitrogen and oxygen atoms in total. The molecule has 2 N–H and O–H groups in total. The molecule has 2 aliphatic carbocycles. The smallest absolute Gasteiger partial charge is 0.306 e. The topological polar surface area (TPSA) is 66.4 Å². The number of carbonyl (C=O) groups is 2. The molecule has 5 heteroatoms. The third-order valence-electron chi connectivity index (χ3n) is 4.66.